The Morgan fingerprint density at radius 2 is 2.08 bits per heavy atom. The highest BCUT2D eigenvalue weighted by Gasteiger charge is 2.08. The number of para-hydroxylation sites is 1. The van der Waals surface area contributed by atoms with Crippen LogP contribution in [0.2, 0.25) is 0 Å². The number of halogens is 1. The van der Waals surface area contributed by atoms with Crippen molar-refractivity contribution in [1.29, 1.82) is 0 Å². The molecule has 0 atom stereocenters. The number of rotatable bonds is 0. The average Bonchev–Trinajstić information content (AvgIpc) is 2.04. The standard InChI is InChI=1S/C9H10N2.HI/c1-11-6-8-4-2-3-5-9(8)10-7-11;/h2-6H,7H2,1H3;1H. The first-order valence-corrected chi connectivity index (χ1v) is 3.74. The van der Waals surface area contributed by atoms with E-state index in [1.807, 2.05) is 6.07 Å². The molecule has 1 aromatic rings. The third-order valence-electron chi connectivity index (χ3n) is 1.84. The van der Waals surface area contributed by atoms with E-state index in [9.17, 15) is 0 Å². The van der Waals surface area contributed by atoms with Gasteiger partial charge >= 0.3 is 0 Å². The summed E-state index contributed by atoms with van der Waals surface area (Å²) in [6.45, 7) is 0.900. The second-order valence-electron chi connectivity index (χ2n) is 2.81. The van der Waals surface area contributed by atoms with Crippen LogP contribution in [0.15, 0.2) is 24.3 Å². The summed E-state index contributed by atoms with van der Waals surface area (Å²) in [4.78, 5) is 0. The lowest BCUT2D eigenvalue weighted by Gasteiger charge is -2.10. The van der Waals surface area contributed by atoms with E-state index >= 15 is 0 Å². The highest BCUT2D eigenvalue weighted by Crippen LogP contribution is 2.14. The van der Waals surface area contributed by atoms with Gasteiger partial charge in [0.05, 0.1) is 11.3 Å². The van der Waals surface area contributed by atoms with E-state index in [0.717, 1.165) is 6.67 Å². The molecule has 0 aromatic heterocycles. The molecule has 1 aliphatic heterocycles. The zero-order valence-electron chi connectivity index (χ0n) is 6.92. The van der Waals surface area contributed by atoms with Crippen LogP contribution in [-0.2, 0) is 0 Å². The third-order valence-corrected chi connectivity index (χ3v) is 1.84. The fourth-order valence-electron chi connectivity index (χ4n) is 1.26. The van der Waals surface area contributed by atoms with Gasteiger partial charge in [0.25, 0.3) is 0 Å². The van der Waals surface area contributed by atoms with Gasteiger partial charge in [0, 0.05) is 0 Å². The fraction of sp³-hybridized carbons (Fsp3) is 0.222. The molecule has 0 spiro atoms. The predicted molar refractivity (Wildman–Crippen MR) is 46.3 cm³/mol. The van der Waals surface area contributed by atoms with E-state index < -0.39 is 0 Å². The molecule has 0 aliphatic carbocycles. The third kappa shape index (κ3) is 1.77. The molecule has 0 radical (unpaired) electrons. The first kappa shape index (κ1) is 9.51. The molecule has 12 heavy (non-hydrogen) atoms. The Kier molecular flexibility index (Phi) is 3.08. The molecule has 0 bridgehead atoms. The van der Waals surface area contributed by atoms with Crippen molar-refractivity contribution in [3.63, 3.8) is 0 Å². The molecule has 0 saturated carbocycles. The molecule has 0 fully saturated rings. The van der Waals surface area contributed by atoms with Gasteiger partial charge in [-0.1, -0.05) is 12.1 Å². The number of hydrogen-bond donors (Lipinski definition) is 1. The van der Waals surface area contributed by atoms with Gasteiger partial charge in [0.1, 0.15) is 7.05 Å². The zero-order valence-corrected chi connectivity index (χ0v) is 9.08. The summed E-state index contributed by atoms with van der Waals surface area (Å²) in [6, 6.07) is 8.30. The Morgan fingerprint density at radius 1 is 1.33 bits per heavy atom. The molecule has 1 aromatic carbocycles. The Morgan fingerprint density at radius 3 is 2.92 bits per heavy atom. The van der Waals surface area contributed by atoms with E-state index in [-0.39, 0.29) is 24.0 Å². The van der Waals surface area contributed by atoms with E-state index in [2.05, 4.69) is 41.4 Å². The lowest BCUT2D eigenvalue weighted by Crippen LogP contribution is -3.00. The van der Waals surface area contributed by atoms with Gasteiger partial charge in [-0.25, -0.2) is 4.58 Å². The van der Waals surface area contributed by atoms with Gasteiger partial charge in [-0.15, -0.1) is 0 Å². The first-order chi connectivity index (χ1) is 5.36. The number of hydrogen-bond acceptors (Lipinski definition) is 1. The summed E-state index contributed by atoms with van der Waals surface area (Å²) >= 11 is 0. The van der Waals surface area contributed by atoms with E-state index in [4.69, 9.17) is 0 Å². The molecule has 0 amide bonds. The molecule has 1 heterocycles. The molecule has 1 aliphatic rings. The Hall–Kier alpha value is -0.580. The fourth-order valence-corrected chi connectivity index (χ4v) is 1.26. The molecule has 1 N–H and O–H groups in total. The average molecular weight is 274 g/mol. The molecule has 0 saturated heterocycles. The number of anilines is 1. The van der Waals surface area contributed by atoms with Crippen LogP contribution in [0.5, 0.6) is 0 Å². The summed E-state index contributed by atoms with van der Waals surface area (Å²) in [5.74, 6) is 0. The smallest absolute Gasteiger partial charge is 0.215 e. The Balaban J connectivity index is 0.000000720. The van der Waals surface area contributed by atoms with Crippen molar-refractivity contribution in [2.45, 2.75) is 0 Å². The molecular formula is C9H11IN2. The lowest BCUT2D eigenvalue weighted by molar-refractivity contribution is -0.486. The van der Waals surface area contributed by atoms with Crippen molar-refractivity contribution in [2.75, 3.05) is 19.0 Å². The minimum Gasteiger partial charge on any atom is -1.00 e. The first-order valence-electron chi connectivity index (χ1n) is 3.74. The maximum Gasteiger partial charge on any atom is 0.215 e. The van der Waals surface area contributed by atoms with Crippen LogP contribution in [-0.4, -0.2) is 24.5 Å². The summed E-state index contributed by atoms with van der Waals surface area (Å²) in [6.07, 6.45) is 2.14. The number of fused-ring (bicyclic) bond motifs is 1. The summed E-state index contributed by atoms with van der Waals surface area (Å²) < 4.78 is 2.13. The molecular weight excluding hydrogens is 263 g/mol. The monoisotopic (exact) mass is 274 g/mol. The van der Waals surface area contributed by atoms with Gasteiger partial charge in [0.15, 0.2) is 6.21 Å². The summed E-state index contributed by atoms with van der Waals surface area (Å²) in [5, 5.41) is 3.31. The van der Waals surface area contributed by atoms with E-state index in [1.54, 1.807) is 0 Å². The highest BCUT2D eigenvalue weighted by atomic mass is 127. The van der Waals surface area contributed by atoms with Gasteiger partial charge in [0.2, 0.25) is 6.67 Å². The van der Waals surface area contributed by atoms with Gasteiger partial charge in [-0.2, -0.15) is 0 Å². The van der Waals surface area contributed by atoms with Crippen LogP contribution in [0, 0.1) is 0 Å². The summed E-state index contributed by atoms with van der Waals surface area (Å²) in [5.41, 5.74) is 2.49. The van der Waals surface area contributed by atoms with E-state index in [1.165, 1.54) is 11.3 Å². The Bertz CT molecular complexity index is 307. The topological polar surface area (TPSA) is 15.0 Å². The maximum atomic E-state index is 3.31. The second-order valence-corrected chi connectivity index (χ2v) is 2.81. The van der Waals surface area contributed by atoms with Crippen molar-refractivity contribution < 1.29 is 28.6 Å². The quantitative estimate of drug-likeness (QED) is 0.433. The molecule has 0 unspecified atom stereocenters. The SMILES string of the molecule is C[N+]1=Cc2ccccc2NC1.[I-]. The minimum atomic E-state index is 0. The van der Waals surface area contributed by atoms with Crippen molar-refractivity contribution in [3.8, 4) is 0 Å². The van der Waals surface area contributed by atoms with Crippen molar-refractivity contribution >= 4 is 11.9 Å². The van der Waals surface area contributed by atoms with Crippen LogP contribution in [0.4, 0.5) is 5.69 Å². The normalized spacial score (nSPS) is 13.6. The Labute approximate surface area is 89.3 Å². The molecule has 3 heteroatoms. The van der Waals surface area contributed by atoms with Crippen LogP contribution >= 0.6 is 0 Å². The van der Waals surface area contributed by atoms with Gasteiger partial charge < -0.3 is 29.3 Å². The summed E-state index contributed by atoms with van der Waals surface area (Å²) in [7, 11) is 2.06. The zero-order chi connectivity index (χ0) is 7.68. The van der Waals surface area contributed by atoms with Gasteiger partial charge in [-0.3, -0.25) is 0 Å². The molecule has 2 rings (SSSR count). The van der Waals surface area contributed by atoms with Crippen LogP contribution in [0.3, 0.4) is 0 Å². The predicted octanol–water partition coefficient (Wildman–Crippen LogP) is -1.87. The number of benzene rings is 1. The number of nitrogens with zero attached hydrogens (tertiary/aromatic N) is 1. The van der Waals surface area contributed by atoms with Gasteiger partial charge in [-0.05, 0) is 12.1 Å². The van der Waals surface area contributed by atoms with Crippen molar-refractivity contribution in [2.24, 2.45) is 0 Å². The van der Waals surface area contributed by atoms with Crippen LogP contribution < -0.4 is 29.3 Å². The lowest BCUT2D eigenvalue weighted by atomic mass is 10.2. The van der Waals surface area contributed by atoms with Crippen molar-refractivity contribution in [3.05, 3.63) is 29.8 Å². The molecule has 2 nitrogen and oxygen atoms in total. The largest absolute Gasteiger partial charge is 1.00 e. The molecule has 64 valence electrons. The second kappa shape index (κ2) is 3.89. The van der Waals surface area contributed by atoms with E-state index in [0.29, 0.717) is 0 Å². The number of nitrogens with one attached hydrogen (secondary N) is 1. The van der Waals surface area contributed by atoms with Crippen molar-refractivity contribution in [1.82, 2.24) is 0 Å². The highest BCUT2D eigenvalue weighted by molar-refractivity contribution is 5.85. The van der Waals surface area contributed by atoms with Crippen LogP contribution in [0.25, 0.3) is 0 Å². The maximum absolute atomic E-state index is 3.31. The van der Waals surface area contributed by atoms with Crippen LogP contribution in [0.1, 0.15) is 5.56 Å². The minimum absolute atomic E-state index is 0.